The number of para-hydroxylation sites is 1. The quantitative estimate of drug-likeness (QED) is 0.851. The summed E-state index contributed by atoms with van der Waals surface area (Å²) >= 11 is 0. The third kappa shape index (κ3) is 5.91. The van der Waals surface area contributed by atoms with Gasteiger partial charge in [0.05, 0.1) is 6.54 Å². The first-order chi connectivity index (χ1) is 11.3. The lowest BCUT2D eigenvalue weighted by Crippen LogP contribution is -2.42. The molecule has 1 heterocycles. The highest BCUT2D eigenvalue weighted by Crippen LogP contribution is 2.22. The molecule has 2 N–H and O–H groups in total. The Kier molecular flexibility index (Phi) is 5.78. The van der Waals surface area contributed by atoms with Gasteiger partial charge >= 0.3 is 6.03 Å². The molecule has 0 saturated heterocycles. The molecule has 24 heavy (non-hydrogen) atoms. The first kappa shape index (κ1) is 17.8. The number of hydrogen-bond acceptors (Lipinski definition) is 4. The molecule has 0 spiro atoms. The summed E-state index contributed by atoms with van der Waals surface area (Å²) in [4.78, 5) is 15.9. The Morgan fingerprint density at radius 2 is 2.08 bits per heavy atom. The van der Waals surface area contributed by atoms with Gasteiger partial charge in [-0.3, -0.25) is 4.68 Å². The van der Waals surface area contributed by atoms with E-state index >= 15 is 0 Å². The average molecular weight is 331 g/mol. The van der Waals surface area contributed by atoms with Crippen LogP contribution in [0.2, 0.25) is 0 Å². The number of benzene rings is 1. The summed E-state index contributed by atoms with van der Waals surface area (Å²) < 4.78 is 7.60. The van der Waals surface area contributed by atoms with Crippen LogP contribution in [0.3, 0.4) is 0 Å². The summed E-state index contributed by atoms with van der Waals surface area (Å²) in [6.07, 6.45) is 3.09. The molecule has 0 bridgehead atoms. The van der Waals surface area contributed by atoms with Crippen molar-refractivity contribution < 1.29 is 9.53 Å². The van der Waals surface area contributed by atoms with Gasteiger partial charge < -0.3 is 15.4 Å². The molecule has 0 aliphatic heterocycles. The van der Waals surface area contributed by atoms with Crippen molar-refractivity contribution in [2.24, 2.45) is 0 Å². The SMILES string of the molecule is CC(Cn1cncn1)NC(=O)NCc1ccccc1OC(C)(C)C. The summed E-state index contributed by atoms with van der Waals surface area (Å²) in [5.41, 5.74) is 0.650. The molecular formula is C17H25N5O2. The highest BCUT2D eigenvalue weighted by Gasteiger charge is 2.15. The third-order valence-electron chi connectivity index (χ3n) is 3.13. The Bertz CT molecular complexity index is 649. The van der Waals surface area contributed by atoms with Gasteiger partial charge in [-0.2, -0.15) is 5.10 Å². The van der Waals surface area contributed by atoms with Gasteiger partial charge in [0, 0.05) is 18.2 Å². The number of carbonyl (C=O) groups excluding carboxylic acids is 1. The molecule has 0 saturated carbocycles. The van der Waals surface area contributed by atoms with Crippen LogP contribution in [0.5, 0.6) is 5.75 Å². The van der Waals surface area contributed by atoms with E-state index in [1.54, 1.807) is 11.0 Å². The zero-order valence-electron chi connectivity index (χ0n) is 14.6. The molecule has 1 unspecified atom stereocenters. The summed E-state index contributed by atoms with van der Waals surface area (Å²) in [5, 5.41) is 9.76. The number of nitrogens with one attached hydrogen (secondary N) is 2. The summed E-state index contributed by atoms with van der Waals surface area (Å²) in [7, 11) is 0. The van der Waals surface area contributed by atoms with Crippen molar-refractivity contribution in [1.29, 1.82) is 0 Å². The third-order valence-corrected chi connectivity index (χ3v) is 3.13. The highest BCUT2D eigenvalue weighted by molar-refractivity contribution is 5.74. The second-order valence-corrected chi connectivity index (χ2v) is 6.67. The summed E-state index contributed by atoms with van der Waals surface area (Å²) in [6.45, 7) is 8.87. The lowest BCUT2D eigenvalue weighted by molar-refractivity contribution is 0.129. The fraction of sp³-hybridized carbons (Fsp3) is 0.471. The van der Waals surface area contributed by atoms with Gasteiger partial charge in [-0.25, -0.2) is 9.78 Å². The minimum Gasteiger partial charge on any atom is -0.488 e. The highest BCUT2D eigenvalue weighted by atomic mass is 16.5. The topological polar surface area (TPSA) is 81.1 Å². The van der Waals surface area contributed by atoms with Crippen molar-refractivity contribution in [2.45, 2.75) is 52.4 Å². The molecule has 1 aromatic heterocycles. The van der Waals surface area contributed by atoms with Gasteiger partial charge in [-0.05, 0) is 33.8 Å². The van der Waals surface area contributed by atoms with Crippen LogP contribution in [0.4, 0.5) is 4.79 Å². The van der Waals surface area contributed by atoms with E-state index in [0.717, 1.165) is 11.3 Å². The zero-order valence-corrected chi connectivity index (χ0v) is 14.6. The van der Waals surface area contributed by atoms with Crippen molar-refractivity contribution in [3.8, 4) is 5.75 Å². The molecule has 2 aromatic rings. The minimum atomic E-state index is -0.287. The number of urea groups is 1. The smallest absolute Gasteiger partial charge is 0.315 e. The molecule has 130 valence electrons. The second kappa shape index (κ2) is 7.81. The van der Waals surface area contributed by atoms with Gasteiger partial charge in [0.2, 0.25) is 0 Å². The standard InChI is InChI=1S/C17H25N5O2/c1-13(10-22-12-18-11-20-22)21-16(23)19-9-14-7-5-6-8-15(14)24-17(2,3)4/h5-8,11-13H,9-10H2,1-4H3,(H2,19,21,23). The van der Waals surface area contributed by atoms with Gasteiger partial charge in [-0.1, -0.05) is 18.2 Å². The van der Waals surface area contributed by atoms with Gasteiger partial charge in [0.1, 0.15) is 24.0 Å². The fourth-order valence-electron chi connectivity index (χ4n) is 2.18. The molecule has 2 rings (SSSR count). The number of nitrogens with zero attached hydrogens (tertiary/aromatic N) is 3. The Morgan fingerprint density at radius 3 is 2.75 bits per heavy atom. The van der Waals surface area contributed by atoms with E-state index in [-0.39, 0.29) is 17.7 Å². The number of hydrogen-bond donors (Lipinski definition) is 2. The van der Waals surface area contributed by atoms with Crippen LogP contribution in [0.1, 0.15) is 33.3 Å². The Morgan fingerprint density at radius 1 is 1.33 bits per heavy atom. The molecule has 0 aliphatic rings. The lowest BCUT2D eigenvalue weighted by Gasteiger charge is -2.23. The van der Waals surface area contributed by atoms with Gasteiger partial charge in [-0.15, -0.1) is 0 Å². The maximum absolute atomic E-state index is 12.0. The zero-order chi connectivity index (χ0) is 17.6. The van der Waals surface area contributed by atoms with Crippen LogP contribution in [0.25, 0.3) is 0 Å². The molecule has 0 radical (unpaired) electrons. The van der Waals surface area contributed by atoms with E-state index in [2.05, 4.69) is 20.7 Å². The molecule has 1 aromatic carbocycles. The van der Waals surface area contributed by atoms with Crippen LogP contribution in [0, 0.1) is 0 Å². The predicted octanol–water partition coefficient (Wildman–Crippen LogP) is 2.34. The number of rotatable bonds is 6. The number of amides is 2. The Balaban J connectivity index is 1.85. The van der Waals surface area contributed by atoms with Crippen LogP contribution in [-0.2, 0) is 13.1 Å². The van der Waals surface area contributed by atoms with Crippen molar-refractivity contribution in [3.63, 3.8) is 0 Å². The molecule has 0 aliphatic carbocycles. The Labute approximate surface area is 142 Å². The van der Waals surface area contributed by atoms with Crippen molar-refractivity contribution in [3.05, 3.63) is 42.5 Å². The lowest BCUT2D eigenvalue weighted by atomic mass is 10.1. The van der Waals surface area contributed by atoms with Crippen LogP contribution >= 0.6 is 0 Å². The monoisotopic (exact) mass is 331 g/mol. The number of carbonyl (C=O) groups is 1. The van der Waals surface area contributed by atoms with Gasteiger partial charge in [0.15, 0.2) is 0 Å². The average Bonchev–Trinajstić information content (AvgIpc) is 2.97. The molecular weight excluding hydrogens is 306 g/mol. The molecule has 2 amide bonds. The predicted molar refractivity (Wildman–Crippen MR) is 91.7 cm³/mol. The van der Waals surface area contributed by atoms with E-state index in [1.807, 2.05) is 52.0 Å². The van der Waals surface area contributed by atoms with E-state index in [1.165, 1.54) is 6.33 Å². The van der Waals surface area contributed by atoms with E-state index in [4.69, 9.17) is 4.74 Å². The second-order valence-electron chi connectivity index (χ2n) is 6.67. The summed E-state index contributed by atoms with van der Waals surface area (Å²) in [5.74, 6) is 0.779. The number of ether oxygens (including phenoxy) is 1. The first-order valence-corrected chi connectivity index (χ1v) is 7.97. The molecule has 1 atom stereocenters. The largest absolute Gasteiger partial charge is 0.488 e. The molecule has 7 heteroatoms. The van der Waals surface area contributed by atoms with Crippen molar-refractivity contribution >= 4 is 6.03 Å². The normalized spacial score (nSPS) is 12.5. The van der Waals surface area contributed by atoms with Crippen LogP contribution < -0.4 is 15.4 Å². The first-order valence-electron chi connectivity index (χ1n) is 7.97. The van der Waals surface area contributed by atoms with E-state index < -0.39 is 0 Å². The minimum absolute atomic E-state index is 0.0623. The Hall–Kier alpha value is -2.57. The van der Waals surface area contributed by atoms with Crippen molar-refractivity contribution in [2.75, 3.05) is 0 Å². The summed E-state index contributed by atoms with van der Waals surface area (Å²) in [6, 6.07) is 7.41. The van der Waals surface area contributed by atoms with Crippen LogP contribution in [0.15, 0.2) is 36.9 Å². The molecule has 0 fully saturated rings. The van der Waals surface area contributed by atoms with Gasteiger partial charge in [0.25, 0.3) is 0 Å². The van der Waals surface area contributed by atoms with E-state index in [9.17, 15) is 4.79 Å². The molecule has 7 nitrogen and oxygen atoms in total. The van der Waals surface area contributed by atoms with Crippen LogP contribution in [-0.4, -0.2) is 32.4 Å². The van der Waals surface area contributed by atoms with Crippen molar-refractivity contribution in [1.82, 2.24) is 25.4 Å². The fourth-order valence-corrected chi connectivity index (χ4v) is 2.18. The maximum atomic E-state index is 12.0. The number of aromatic nitrogens is 3. The maximum Gasteiger partial charge on any atom is 0.315 e. The van der Waals surface area contributed by atoms with E-state index in [0.29, 0.717) is 13.1 Å².